The highest BCUT2D eigenvalue weighted by Gasteiger charge is 2.40. The maximum absolute atomic E-state index is 13.3. The summed E-state index contributed by atoms with van der Waals surface area (Å²) in [4.78, 5) is 14.9. The molecule has 1 fully saturated rings. The third-order valence-corrected chi connectivity index (χ3v) is 6.68. The van der Waals surface area contributed by atoms with Crippen LogP contribution in [0.3, 0.4) is 0 Å². The second-order valence-electron chi connectivity index (χ2n) is 9.00. The number of hydrogen-bond donors (Lipinski definition) is 5. The zero-order valence-corrected chi connectivity index (χ0v) is 18.5. The van der Waals surface area contributed by atoms with Gasteiger partial charge in [-0.3, -0.25) is 15.0 Å². The van der Waals surface area contributed by atoms with Crippen LogP contribution in [0.1, 0.15) is 46.5 Å². The SMILES string of the molecule is C/C1=C(\C)CC(C)N(CCNCC2C=CC(F)CC2)C2NC(O)NC(=O)[C@@H]2NCC1. The first kappa shape index (κ1) is 23.3. The molecule has 1 aliphatic carbocycles. The topological polar surface area (TPSA) is 88.7 Å². The third-order valence-electron chi connectivity index (χ3n) is 6.68. The van der Waals surface area contributed by atoms with Crippen LogP contribution in [-0.4, -0.2) is 72.9 Å². The summed E-state index contributed by atoms with van der Waals surface area (Å²) in [6.07, 6.45) is 4.82. The Morgan fingerprint density at radius 3 is 2.80 bits per heavy atom. The standard InChI is InChI=1S/C22H38FN5O2/c1-14-8-9-25-19-20(26-22(30)27-21(19)29)28(16(3)12-15(14)2)11-10-24-13-17-4-6-18(23)7-5-17/h4,6,16-20,22,24-26,30H,5,7-13H2,1-3H3,(H,27,29)/b15-14-/t16?,17?,18?,19-,20?,22?/m1/s1. The van der Waals surface area contributed by atoms with Gasteiger partial charge in [0.25, 0.3) is 0 Å². The molecule has 0 radical (unpaired) electrons. The number of aliphatic hydroxyl groups excluding tert-OH is 1. The van der Waals surface area contributed by atoms with Crippen LogP contribution in [0, 0.1) is 5.92 Å². The van der Waals surface area contributed by atoms with Crippen LogP contribution in [0.15, 0.2) is 23.3 Å². The van der Waals surface area contributed by atoms with Crippen LogP contribution in [0.4, 0.5) is 4.39 Å². The first-order valence-electron chi connectivity index (χ1n) is 11.3. The molecular weight excluding hydrogens is 385 g/mol. The highest BCUT2D eigenvalue weighted by atomic mass is 19.1. The molecule has 3 rings (SSSR count). The molecule has 2 heterocycles. The van der Waals surface area contributed by atoms with Crippen molar-refractivity contribution in [2.45, 2.75) is 77.2 Å². The Bertz CT molecular complexity index is 655. The molecule has 2 aliphatic heterocycles. The van der Waals surface area contributed by atoms with Crippen molar-refractivity contribution < 1.29 is 14.3 Å². The van der Waals surface area contributed by atoms with Crippen LogP contribution >= 0.6 is 0 Å². The number of rotatable bonds is 5. The highest BCUT2D eigenvalue weighted by Crippen LogP contribution is 2.22. The number of nitrogens with zero attached hydrogens (tertiary/aromatic N) is 1. The summed E-state index contributed by atoms with van der Waals surface area (Å²) in [5.74, 6) is 0.194. The highest BCUT2D eigenvalue weighted by molar-refractivity contribution is 5.83. The summed E-state index contributed by atoms with van der Waals surface area (Å²) in [7, 11) is 0. The minimum Gasteiger partial charge on any atom is -0.361 e. The normalized spacial score (nSPS) is 38.8. The Kier molecular flexibility index (Phi) is 8.42. The fourth-order valence-electron chi connectivity index (χ4n) is 4.67. The maximum Gasteiger partial charge on any atom is 0.243 e. The van der Waals surface area contributed by atoms with Crippen molar-refractivity contribution in [3.63, 3.8) is 0 Å². The number of carbonyl (C=O) groups is 1. The molecule has 0 saturated carbocycles. The molecule has 1 amide bonds. The fourth-order valence-corrected chi connectivity index (χ4v) is 4.67. The summed E-state index contributed by atoms with van der Waals surface area (Å²) in [5, 5.41) is 22.7. The van der Waals surface area contributed by atoms with E-state index in [1.165, 1.54) is 11.1 Å². The van der Waals surface area contributed by atoms with Gasteiger partial charge in [-0.05, 0) is 58.9 Å². The van der Waals surface area contributed by atoms with E-state index >= 15 is 0 Å². The number of amides is 1. The Labute approximate surface area is 179 Å². The molecule has 0 aromatic carbocycles. The van der Waals surface area contributed by atoms with Gasteiger partial charge in [0.1, 0.15) is 12.2 Å². The Balaban J connectivity index is 1.67. The molecule has 1 saturated heterocycles. The largest absolute Gasteiger partial charge is 0.361 e. The van der Waals surface area contributed by atoms with E-state index in [-0.39, 0.29) is 18.1 Å². The van der Waals surface area contributed by atoms with E-state index in [0.29, 0.717) is 12.3 Å². The van der Waals surface area contributed by atoms with Gasteiger partial charge in [0, 0.05) is 25.7 Å². The molecule has 0 spiro atoms. The molecule has 170 valence electrons. The monoisotopic (exact) mass is 423 g/mol. The molecule has 0 bridgehead atoms. The second-order valence-corrected chi connectivity index (χ2v) is 9.00. The molecule has 0 aromatic rings. The average molecular weight is 424 g/mol. The molecule has 30 heavy (non-hydrogen) atoms. The molecular formula is C22H38FN5O2. The number of fused-ring (bicyclic) bond motifs is 1. The van der Waals surface area contributed by atoms with Crippen molar-refractivity contribution in [1.29, 1.82) is 0 Å². The molecule has 3 aliphatic rings. The zero-order chi connectivity index (χ0) is 21.7. The predicted molar refractivity (Wildman–Crippen MR) is 116 cm³/mol. The zero-order valence-electron chi connectivity index (χ0n) is 18.5. The number of carbonyl (C=O) groups excluding carboxylic acids is 1. The van der Waals surface area contributed by atoms with Crippen molar-refractivity contribution in [3.8, 4) is 0 Å². The molecule has 6 atom stereocenters. The fraction of sp³-hybridized carbons (Fsp3) is 0.773. The summed E-state index contributed by atoms with van der Waals surface area (Å²) < 4.78 is 13.3. The lowest BCUT2D eigenvalue weighted by Crippen LogP contribution is -2.73. The van der Waals surface area contributed by atoms with E-state index in [1.807, 2.05) is 6.08 Å². The number of nitrogens with one attached hydrogen (secondary N) is 4. The van der Waals surface area contributed by atoms with Gasteiger partial charge in [-0.2, -0.15) is 0 Å². The molecule has 7 nitrogen and oxygen atoms in total. The van der Waals surface area contributed by atoms with E-state index < -0.39 is 18.6 Å². The van der Waals surface area contributed by atoms with E-state index in [2.05, 4.69) is 46.9 Å². The van der Waals surface area contributed by atoms with Gasteiger partial charge >= 0.3 is 0 Å². The lowest BCUT2D eigenvalue weighted by atomic mass is 9.95. The first-order chi connectivity index (χ1) is 14.3. The summed E-state index contributed by atoms with van der Waals surface area (Å²) >= 11 is 0. The van der Waals surface area contributed by atoms with Crippen molar-refractivity contribution in [1.82, 2.24) is 26.2 Å². The third kappa shape index (κ3) is 6.11. The summed E-state index contributed by atoms with van der Waals surface area (Å²) in [6.45, 7) is 9.58. The van der Waals surface area contributed by atoms with Crippen LogP contribution in [0.2, 0.25) is 0 Å². The van der Waals surface area contributed by atoms with Crippen molar-refractivity contribution in [3.05, 3.63) is 23.3 Å². The summed E-state index contributed by atoms with van der Waals surface area (Å²) in [6, 6.07) is -0.216. The first-order valence-corrected chi connectivity index (χ1v) is 11.3. The van der Waals surface area contributed by atoms with Crippen molar-refractivity contribution >= 4 is 5.91 Å². The van der Waals surface area contributed by atoms with Crippen LogP contribution in [0.25, 0.3) is 0 Å². The molecule has 5 unspecified atom stereocenters. The second kappa shape index (κ2) is 10.8. The van der Waals surface area contributed by atoms with Gasteiger partial charge in [0.2, 0.25) is 5.91 Å². The molecule has 0 aromatic heterocycles. The Morgan fingerprint density at radius 2 is 2.07 bits per heavy atom. The van der Waals surface area contributed by atoms with Crippen LogP contribution in [-0.2, 0) is 4.79 Å². The lowest BCUT2D eigenvalue weighted by molar-refractivity contribution is -0.136. The lowest BCUT2D eigenvalue weighted by Gasteiger charge is -2.45. The van der Waals surface area contributed by atoms with Crippen LogP contribution in [0.5, 0.6) is 0 Å². The summed E-state index contributed by atoms with van der Waals surface area (Å²) in [5.41, 5.74) is 2.75. The number of halogens is 1. The van der Waals surface area contributed by atoms with Crippen molar-refractivity contribution in [2.75, 3.05) is 26.2 Å². The van der Waals surface area contributed by atoms with Gasteiger partial charge in [-0.15, -0.1) is 0 Å². The predicted octanol–water partition coefficient (Wildman–Crippen LogP) is 0.981. The minimum absolute atomic E-state index is 0.177. The quantitative estimate of drug-likeness (QED) is 0.335. The van der Waals surface area contributed by atoms with E-state index in [9.17, 15) is 14.3 Å². The Hall–Kier alpha value is -1.32. The minimum atomic E-state index is -1.05. The van der Waals surface area contributed by atoms with Gasteiger partial charge in [0.05, 0.1) is 6.17 Å². The maximum atomic E-state index is 13.3. The van der Waals surface area contributed by atoms with Crippen LogP contribution < -0.4 is 21.3 Å². The van der Waals surface area contributed by atoms with E-state index in [4.69, 9.17) is 0 Å². The molecule has 8 heteroatoms. The number of alkyl halides is 1. The van der Waals surface area contributed by atoms with Gasteiger partial charge in [-0.25, -0.2) is 4.39 Å². The van der Waals surface area contributed by atoms with E-state index in [1.54, 1.807) is 6.08 Å². The van der Waals surface area contributed by atoms with Gasteiger partial charge in [0.15, 0.2) is 6.35 Å². The van der Waals surface area contributed by atoms with Gasteiger partial charge in [-0.1, -0.05) is 23.3 Å². The Morgan fingerprint density at radius 1 is 1.27 bits per heavy atom. The smallest absolute Gasteiger partial charge is 0.243 e. The molecule has 5 N–H and O–H groups in total. The van der Waals surface area contributed by atoms with Crippen molar-refractivity contribution in [2.24, 2.45) is 5.92 Å². The average Bonchev–Trinajstić information content (AvgIpc) is 2.70. The van der Waals surface area contributed by atoms with E-state index in [0.717, 1.165) is 45.4 Å². The number of allylic oxidation sites excluding steroid dienone is 1. The van der Waals surface area contributed by atoms with Gasteiger partial charge < -0.3 is 21.1 Å². The number of aliphatic hydroxyl groups is 1. The number of hydrogen-bond acceptors (Lipinski definition) is 6.